The van der Waals surface area contributed by atoms with Gasteiger partial charge in [0.1, 0.15) is 18.1 Å². The number of aliphatic hydroxyl groups is 1. The molecule has 0 unspecified atom stereocenters. The second-order valence-electron chi connectivity index (χ2n) is 3.47. The first-order valence-electron chi connectivity index (χ1n) is 4.75. The van der Waals surface area contributed by atoms with Gasteiger partial charge in [-0.05, 0) is 24.3 Å². The zero-order chi connectivity index (χ0) is 10.3. The lowest BCUT2D eigenvalue weighted by atomic mass is 10.1. The van der Waals surface area contributed by atoms with E-state index in [0.29, 0.717) is 0 Å². The second kappa shape index (κ2) is 2.98. The van der Waals surface area contributed by atoms with Crippen LogP contribution in [0.25, 0.3) is 17.0 Å². The van der Waals surface area contributed by atoms with Crippen LogP contribution >= 0.6 is 0 Å². The largest absolute Gasteiger partial charge is 0.509 e. The summed E-state index contributed by atoms with van der Waals surface area (Å²) in [5.74, 6) is 1.05. The first kappa shape index (κ1) is 8.29. The maximum atomic E-state index is 9.43. The van der Waals surface area contributed by atoms with Crippen molar-refractivity contribution in [3.63, 3.8) is 0 Å². The van der Waals surface area contributed by atoms with Gasteiger partial charge in [-0.15, -0.1) is 0 Å². The number of ether oxygens (including phenoxy) is 1. The number of pyridine rings is 1. The van der Waals surface area contributed by atoms with Crippen LogP contribution in [0.5, 0.6) is 5.75 Å². The van der Waals surface area contributed by atoms with Gasteiger partial charge in [0.05, 0.1) is 5.52 Å². The molecule has 0 spiro atoms. The van der Waals surface area contributed by atoms with Crippen LogP contribution in [0.3, 0.4) is 0 Å². The highest BCUT2D eigenvalue weighted by Gasteiger charge is 2.13. The molecule has 0 fully saturated rings. The molecule has 15 heavy (non-hydrogen) atoms. The third-order valence-corrected chi connectivity index (χ3v) is 2.47. The quantitative estimate of drug-likeness (QED) is 0.708. The highest BCUT2D eigenvalue weighted by atomic mass is 16.5. The number of hydrogen-bond donors (Lipinski definition) is 1. The van der Waals surface area contributed by atoms with Gasteiger partial charge in [0.25, 0.3) is 0 Å². The summed E-state index contributed by atoms with van der Waals surface area (Å²) in [5.41, 5.74) is 1.81. The van der Waals surface area contributed by atoms with E-state index >= 15 is 0 Å². The van der Waals surface area contributed by atoms with Crippen LogP contribution in [0, 0.1) is 0 Å². The molecular formula is C12H9NO2. The van der Waals surface area contributed by atoms with Gasteiger partial charge < -0.3 is 9.84 Å². The number of nitrogens with zero attached hydrogens (tertiary/aromatic N) is 1. The topological polar surface area (TPSA) is 42.4 Å². The van der Waals surface area contributed by atoms with Crippen LogP contribution in [-0.2, 0) is 0 Å². The van der Waals surface area contributed by atoms with E-state index < -0.39 is 0 Å². The fourth-order valence-electron chi connectivity index (χ4n) is 1.79. The monoisotopic (exact) mass is 199 g/mol. The van der Waals surface area contributed by atoms with E-state index in [2.05, 4.69) is 4.98 Å². The molecular weight excluding hydrogens is 190 g/mol. The lowest BCUT2D eigenvalue weighted by molar-refractivity contribution is 0.267. The molecule has 0 radical (unpaired) electrons. The van der Waals surface area contributed by atoms with Gasteiger partial charge in [-0.25, -0.2) is 0 Å². The Kier molecular flexibility index (Phi) is 1.65. The molecule has 1 aliphatic heterocycles. The molecule has 74 valence electrons. The molecule has 0 bridgehead atoms. The molecule has 0 atom stereocenters. The minimum absolute atomic E-state index is 0.249. The number of benzene rings is 1. The van der Waals surface area contributed by atoms with Crippen LogP contribution in [0.4, 0.5) is 0 Å². The average molecular weight is 199 g/mol. The first-order chi connectivity index (χ1) is 7.34. The molecule has 0 saturated heterocycles. The molecule has 1 N–H and O–H groups in total. The normalized spacial score (nSPS) is 14.3. The summed E-state index contributed by atoms with van der Waals surface area (Å²) >= 11 is 0. The number of fused-ring (bicyclic) bond motifs is 3. The summed E-state index contributed by atoms with van der Waals surface area (Å²) in [6.07, 6.45) is 3.49. The van der Waals surface area contributed by atoms with Gasteiger partial charge in [-0.3, -0.25) is 4.98 Å². The van der Waals surface area contributed by atoms with E-state index in [4.69, 9.17) is 4.74 Å². The average Bonchev–Trinajstić information content (AvgIpc) is 2.29. The van der Waals surface area contributed by atoms with Gasteiger partial charge in [-0.2, -0.15) is 0 Å². The Bertz CT molecular complexity index is 561. The van der Waals surface area contributed by atoms with E-state index in [0.717, 1.165) is 22.2 Å². The molecule has 1 aromatic heterocycles. The number of aromatic nitrogens is 1. The van der Waals surface area contributed by atoms with Crippen molar-refractivity contribution < 1.29 is 9.84 Å². The van der Waals surface area contributed by atoms with Gasteiger partial charge in [0.15, 0.2) is 0 Å². The van der Waals surface area contributed by atoms with Gasteiger partial charge in [-0.1, -0.05) is 6.07 Å². The van der Waals surface area contributed by atoms with Crippen molar-refractivity contribution in [2.45, 2.75) is 0 Å². The van der Waals surface area contributed by atoms with Crippen LogP contribution in [-0.4, -0.2) is 16.7 Å². The fourth-order valence-corrected chi connectivity index (χ4v) is 1.79. The Morgan fingerprint density at radius 2 is 2.20 bits per heavy atom. The minimum Gasteiger partial charge on any atom is -0.509 e. The van der Waals surface area contributed by atoms with E-state index in [-0.39, 0.29) is 12.4 Å². The highest BCUT2D eigenvalue weighted by Crippen LogP contribution is 2.31. The summed E-state index contributed by atoms with van der Waals surface area (Å²) in [6.45, 7) is 0.249. The summed E-state index contributed by atoms with van der Waals surface area (Å²) in [7, 11) is 0. The fraction of sp³-hybridized carbons (Fsp3) is 0.0833. The van der Waals surface area contributed by atoms with Crippen LogP contribution in [0.15, 0.2) is 36.2 Å². The van der Waals surface area contributed by atoms with E-state index in [1.807, 2.05) is 24.3 Å². The molecule has 3 rings (SSSR count). The molecule has 1 aromatic carbocycles. The predicted molar refractivity (Wildman–Crippen MR) is 57.8 cm³/mol. The lowest BCUT2D eigenvalue weighted by Crippen LogP contribution is -2.06. The third kappa shape index (κ3) is 1.24. The molecule has 2 heterocycles. The highest BCUT2D eigenvalue weighted by molar-refractivity contribution is 5.91. The summed E-state index contributed by atoms with van der Waals surface area (Å²) in [6, 6.07) is 7.65. The Labute approximate surface area is 86.6 Å². The SMILES string of the molecule is OC1=Cc2c(ccc3ncccc23)OC1. The molecule has 2 aromatic rings. The minimum atomic E-state index is 0.249. The van der Waals surface area contributed by atoms with Crippen LogP contribution in [0.1, 0.15) is 5.56 Å². The van der Waals surface area contributed by atoms with Crippen molar-refractivity contribution in [1.82, 2.24) is 4.98 Å². The summed E-state index contributed by atoms with van der Waals surface area (Å²) in [5, 5.41) is 10.4. The van der Waals surface area contributed by atoms with Crippen molar-refractivity contribution in [2.75, 3.05) is 6.61 Å². The number of hydrogen-bond acceptors (Lipinski definition) is 3. The zero-order valence-electron chi connectivity index (χ0n) is 7.97. The maximum absolute atomic E-state index is 9.43. The molecule has 1 aliphatic rings. The predicted octanol–water partition coefficient (Wildman–Crippen LogP) is 2.53. The molecule has 0 amide bonds. The number of rotatable bonds is 0. The van der Waals surface area contributed by atoms with Gasteiger partial charge in [0, 0.05) is 17.1 Å². The van der Waals surface area contributed by atoms with E-state index in [9.17, 15) is 5.11 Å². The second-order valence-corrected chi connectivity index (χ2v) is 3.47. The Balaban J connectivity index is 2.39. The first-order valence-corrected chi connectivity index (χ1v) is 4.75. The summed E-state index contributed by atoms with van der Waals surface area (Å²) < 4.78 is 5.40. The summed E-state index contributed by atoms with van der Waals surface area (Å²) in [4.78, 5) is 4.25. The third-order valence-electron chi connectivity index (χ3n) is 2.47. The van der Waals surface area contributed by atoms with Crippen molar-refractivity contribution >= 4 is 17.0 Å². The van der Waals surface area contributed by atoms with Crippen molar-refractivity contribution in [3.05, 3.63) is 41.8 Å². The Hall–Kier alpha value is -2.03. The van der Waals surface area contributed by atoms with Crippen LogP contribution < -0.4 is 4.74 Å². The van der Waals surface area contributed by atoms with E-state index in [1.54, 1.807) is 12.3 Å². The molecule has 3 heteroatoms. The molecule has 3 nitrogen and oxygen atoms in total. The molecule has 0 aliphatic carbocycles. The van der Waals surface area contributed by atoms with Crippen molar-refractivity contribution in [2.24, 2.45) is 0 Å². The molecule has 0 saturated carbocycles. The van der Waals surface area contributed by atoms with Crippen molar-refractivity contribution in [3.8, 4) is 5.75 Å². The lowest BCUT2D eigenvalue weighted by Gasteiger charge is -2.15. The van der Waals surface area contributed by atoms with Crippen LogP contribution in [0.2, 0.25) is 0 Å². The zero-order valence-corrected chi connectivity index (χ0v) is 7.97. The van der Waals surface area contributed by atoms with Crippen molar-refractivity contribution in [1.29, 1.82) is 0 Å². The Morgan fingerprint density at radius 1 is 1.27 bits per heavy atom. The van der Waals surface area contributed by atoms with Gasteiger partial charge >= 0.3 is 0 Å². The Morgan fingerprint density at radius 3 is 3.13 bits per heavy atom. The standard InChI is InChI=1S/C12H9NO2/c14-8-6-10-9-2-1-5-13-11(9)3-4-12(10)15-7-8/h1-6,14H,7H2. The number of aliphatic hydroxyl groups excluding tert-OH is 1. The maximum Gasteiger partial charge on any atom is 0.145 e. The van der Waals surface area contributed by atoms with E-state index in [1.165, 1.54) is 0 Å². The van der Waals surface area contributed by atoms with Gasteiger partial charge in [0.2, 0.25) is 0 Å². The smallest absolute Gasteiger partial charge is 0.145 e.